The number of hydrogen-bond acceptors (Lipinski definition) is 3. The van der Waals surface area contributed by atoms with Gasteiger partial charge in [-0.2, -0.15) is 0 Å². The van der Waals surface area contributed by atoms with E-state index in [1.165, 1.54) is 0 Å². The van der Waals surface area contributed by atoms with Crippen LogP contribution in [0.4, 0.5) is 4.39 Å². The van der Waals surface area contributed by atoms with Crippen molar-refractivity contribution in [1.29, 1.82) is 0 Å². The van der Waals surface area contributed by atoms with Crippen LogP contribution in [-0.4, -0.2) is 33.8 Å². The molecule has 0 radical (unpaired) electrons. The van der Waals surface area contributed by atoms with Crippen LogP contribution in [0.3, 0.4) is 0 Å². The number of hydrogen-bond donors (Lipinski definition) is 2. The zero-order chi connectivity index (χ0) is 19.8. The second kappa shape index (κ2) is 9.80. The highest BCUT2D eigenvalue weighted by molar-refractivity contribution is 5.80. The molecule has 0 heterocycles. The summed E-state index contributed by atoms with van der Waals surface area (Å²) in [6.45, 7) is 4.43. The molecule has 1 unspecified atom stereocenters. The summed E-state index contributed by atoms with van der Waals surface area (Å²) in [7, 11) is 4.96. The van der Waals surface area contributed by atoms with Crippen molar-refractivity contribution in [3.63, 3.8) is 0 Å². The lowest BCUT2D eigenvalue weighted by Crippen LogP contribution is -2.39. The van der Waals surface area contributed by atoms with Crippen LogP contribution in [0.15, 0.2) is 41.4 Å². The molecule has 0 saturated heterocycles. The number of halogens is 1. The highest BCUT2D eigenvalue weighted by Crippen LogP contribution is 2.27. The van der Waals surface area contributed by atoms with Crippen LogP contribution >= 0.6 is 0 Å². The summed E-state index contributed by atoms with van der Waals surface area (Å²) in [6, 6.07) is 11.1. The second-order valence-electron chi connectivity index (χ2n) is 6.31. The van der Waals surface area contributed by atoms with Gasteiger partial charge >= 0.3 is 0 Å². The Labute approximate surface area is 160 Å². The number of rotatable bonds is 7. The number of ether oxygens (including phenoxy) is 2. The molecular weight excluding hydrogens is 345 g/mol. The average Bonchev–Trinajstić information content (AvgIpc) is 2.68. The maximum absolute atomic E-state index is 13.8. The fraction of sp³-hybridized carbons (Fsp3) is 0.381. The predicted molar refractivity (Wildman–Crippen MR) is 107 cm³/mol. The van der Waals surface area contributed by atoms with Crippen molar-refractivity contribution in [3.8, 4) is 11.5 Å². The standard InChI is InChI=1S/C21H28FN3O2/c1-14-6-8-17(13-18(14)22)15(2)25-21(23-3)24-11-10-16-7-9-19(26-4)20(12-16)27-5/h6-9,12-13,15H,10-11H2,1-5H3,(H2,23,24,25). The minimum atomic E-state index is -0.197. The van der Waals surface area contributed by atoms with E-state index in [1.54, 1.807) is 40.3 Å². The van der Waals surface area contributed by atoms with Gasteiger partial charge in [-0.3, -0.25) is 4.99 Å². The Bertz CT molecular complexity index is 793. The molecular formula is C21H28FN3O2. The first-order valence-electron chi connectivity index (χ1n) is 8.92. The molecule has 2 rings (SSSR count). The number of aryl methyl sites for hydroxylation is 1. The average molecular weight is 373 g/mol. The van der Waals surface area contributed by atoms with E-state index < -0.39 is 0 Å². The number of benzene rings is 2. The number of methoxy groups -OCH3 is 2. The molecule has 0 aliphatic rings. The molecule has 0 saturated carbocycles. The van der Waals surface area contributed by atoms with Crippen molar-refractivity contribution < 1.29 is 13.9 Å². The summed E-state index contributed by atoms with van der Waals surface area (Å²) < 4.78 is 24.4. The van der Waals surface area contributed by atoms with Gasteiger partial charge < -0.3 is 20.1 Å². The molecule has 6 heteroatoms. The zero-order valence-electron chi connectivity index (χ0n) is 16.6. The highest BCUT2D eigenvalue weighted by atomic mass is 19.1. The molecule has 0 bridgehead atoms. The van der Waals surface area contributed by atoms with Gasteiger partial charge in [0.2, 0.25) is 0 Å². The molecule has 0 aromatic heterocycles. The fourth-order valence-electron chi connectivity index (χ4n) is 2.72. The van der Waals surface area contributed by atoms with Crippen LogP contribution in [0.25, 0.3) is 0 Å². The quantitative estimate of drug-likeness (QED) is 0.575. The number of guanidine groups is 1. The third-order valence-corrected chi connectivity index (χ3v) is 4.43. The van der Waals surface area contributed by atoms with E-state index in [9.17, 15) is 4.39 Å². The van der Waals surface area contributed by atoms with Gasteiger partial charge in [0.15, 0.2) is 17.5 Å². The van der Waals surface area contributed by atoms with Crippen molar-refractivity contribution in [3.05, 3.63) is 58.9 Å². The molecule has 5 nitrogen and oxygen atoms in total. The zero-order valence-corrected chi connectivity index (χ0v) is 16.6. The topological polar surface area (TPSA) is 54.9 Å². The van der Waals surface area contributed by atoms with Crippen LogP contribution in [0.2, 0.25) is 0 Å². The summed E-state index contributed by atoms with van der Waals surface area (Å²) in [5.41, 5.74) is 2.65. The summed E-state index contributed by atoms with van der Waals surface area (Å²) in [5.74, 6) is 1.90. The van der Waals surface area contributed by atoms with Gasteiger partial charge in [0.25, 0.3) is 0 Å². The molecule has 0 aliphatic heterocycles. The smallest absolute Gasteiger partial charge is 0.191 e. The molecule has 1 atom stereocenters. The van der Waals surface area contributed by atoms with Gasteiger partial charge in [0.1, 0.15) is 5.82 Å². The van der Waals surface area contributed by atoms with Gasteiger partial charge in [-0.25, -0.2) is 4.39 Å². The van der Waals surface area contributed by atoms with Crippen molar-refractivity contribution >= 4 is 5.96 Å². The second-order valence-corrected chi connectivity index (χ2v) is 6.31. The first-order valence-corrected chi connectivity index (χ1v) is 8.92. The Morgan fingerprint density at radius 2 is 1.85 bits per heavy atom. The lowest BCUT2D eigenvalue weighted by atomic mass is 10.1. The van der Waals surface area contributed by atoms with Crippen molar-refractivity contribution in [2.45, 2.75) is 26.3 Å². The van der Waals surface area contributed by atoms with Gasteiger partial charge in [0, 0.05) is 13.6 Å². The fourth-order valence-corrected chi connectivity index (χ4v) is 2.72. The minimum absolute atomic E-state index is 0.0626. The van der Waals surface area contributed by atoms with Crippen LogP contribution < -0.4 is 20.1 Å². The normalized spacial score (nSPS) is 12.4. The highest BCUT2D eigenvalue weighted by Gasteiger charge is 2.10. The van der Waals surface area contributed by atoms with Crippen LogP contribution in [0.5, 0.6) is 11.5 Å². The van der Waals surface area contributed by atoms with Crippen molar-refractivity contribution in [2.24, 2.45) is 4.99 Å². The maximum Gasteiger partial charge on any atom is 0.191 e. The first-order chi connectivity index (χ1) is 13.0. The molecule has 0 aliphatic carbocycles. The monoisotopic (exact) mass is 373 g/mol. The molecule has 0 amide bonds. The third-order valence-electron chi connectivity index (χ3n) is 4.43. The Morgan fingerprint density at radius 3 is 2.48 bits per heavy atom. The van der Waals surface area contributed by atoms with E-state index in [1.807, 2.05) is 31.2 Å². The Kier molecular flexibility index (Phi) is 7.46. The van der Waals surface area contributed by atoms with Crippen molar-refractivity contribution in [2.75, 3.05) is 27.8 Å². The molecule has 27 heavy (non-hydrogen) atoms. The number of nitrogens with one attached hydrogen (secondary N) is 2. The van der Waals surface area contributed by atoms with Crippen LogP contribution in [0, 0.1) is 12.7 Å². The van der Waals surface area contributed by atoms with Crippen LogP contribution in [-0.2, 0) is 6.42 Å². The summed E-state index contributed by atoms with van der Waals surface area (Å²) in [6.07, 6.45) is 0.800. The third kappa shape index (κ3) is 5.61. The number of aliphatic imine (C=N–C) groups is 1. The summed E-state index contributed by atoms with van der Waals surface area (Å²) in [4.78, 5) is 4.24. The van der Waals surface area contributed by atoms with Crippen molar-refractivity contribution in [1.82, 2.24) is 10.6 Å². The Morgan fingerprint density at radius 1 is 1.11 bits per heavy atom. The molecule has 2 N–H and O–H groups in total. The summed E-state index contributed by atoms with van der Waals surface area (Å²) >= 11 is 0. The van der Waals surface area contributed by atoms with E-state index in [-0.39, 0.29) is 11.9 Å². The molecule has 2 aromatic rings. The number of nitrogens with zero attached hydrogens (tertiary/aromatic N) is 1. The molecule has 146 valence electrons. The molecule has 0 fully saturated rings. The van der Waals surface area contributed by atoms with E-state index in [4.69, 9.17) is 9.47 Å². The molecule has 0 spiro atoms. The van der Waals surface area contributed by atoms with E-state index >= 15 is 0 Å². The summed E-state index contributed by atoms with van der Waals surface area (Å²) in [5, 5.41) is 6.57. The lowest BCUT2D eigenvalue weighted by Gasteiger charge is -2.19. The minimum Gasteiger partial charge on any atom is -0.493 e. The van der Waals surface area contributed by atoms with E-state index in [0.29, 0.717) is 29.6 Å². The maximum atomic E-state index is 13.8. The Balaban J connectivity index is 1.91. The van der Waals surface area contributed by atoms with Gasteiger partial charge in [0.05, 0.1) is 20.3 Å². The Hall–Kier alpha value is -2.76. The first kappa shape index (κ1) is 20.6. The van der Waals surface area contributed by atoms with E-state index in [0.717, 1.165) is 17.5 Å². The van der Waals surface area contributed by atoms with Gasteiger partial charge in [-0.15, -0.1) is 0 Å². The molecule has 2 aromatic carbocycles. The lowest BCUT2D eigenvalue weighted by molar-refractivity contribution is 0.354. The SMILES string of the molecule is CN=C(NCCc1ccc(OC)c(OC)c1)NC(C)c1ccc(C)c(F)c1. The van der Waals surface area contributed by atoms with Crippen LogP contribution in [0.1, 0.15) is 29.7 Å². The predicted octanol–water partition coefficient (Wildman–Crippen LogP) is 3.62. The largest absolute Gasteiger partial charge is 0.493 e. The van der Waals surface area contributed by atoms with E-state index in [2.05, 4.69) is 15.6 Å². The van der Waals surface area contributed by atoms with Gasteiger partial charge in [-0.1, -0.05) is 18.2 Å². The van der Waals surface area contributed by atoms with Gasteiger partial charge in [-0.05, 0) is 55.2 Å².